The van der Waals surface area contributed by atoms with Gasteiger partial charge >= 0.3 is 0 Å². The van der Waals surface area contributed by atoms with Crippen molar-refractivity contribution in [2.75, 3.05) is 30.8 Å². The Morgan fingerprint density at radius 1 is 1.30 bits per heavy atom. The van der Waals surface area contributed by atoms with Crippen LogP contribution in [0.5, 0.6) is 0 Å². The standard InChI is InChI=1S/C12H17N7O/c1-20-9-3-2-5-18(7-9)11-15-10(13)16-12(17-11)19-6-4-14-8-19/h4,6,8-9H,2-3,5,7H2,1H3,(H2,13,15,16,17). The van der Waals surface area contributed by atoms with E-state index in [0.29, 0.717) is 11.9 Å². The Balaban J connectivity index is 1.89. The summed E-state index contributed by atoms with van der Waals surface area (Å²) in [6, 6.07) is 0. The number of imidazole rings is 1. The monoisotopic (exact) mass is 275 g/mol. The molecule has 0 bridgehead atoms. The van der Waals surface area contributed by atoms with Gasteiger partial charge in [-0.15, -0.1) is 0 Å². The first kappa shape index (κ1) is 12.8. The van der Waals surface area contributed by atoms with Gasteiger partial charge in [-0.1, -0.05) is 0 Å². The van der Waals surface area contributed by atoms with E-state index in [2.05, 4.69) is 24.8 Å². The molecule has 0 aliphatic carbocycles. The minimum absolute atomic E-state index is 0.207. The quantitative estimate of drug-likeness (QED) is 0.858. The van der Waals surface area contributed by atoms with Crippen LogP contribution in [0.4, 0.5) is 11.9 Å². The molecule has 0 saturated carbocycles. The predicted molar refractivity (Wildman–Crippen MR) is 73.6 cm³/mol. The highest BCUT2D eigenvalue weighted by Gasteiger charge is 2.22. The molecule has 0 amide bonds. The summed E-state index contributed by atoms with van der Waals surface area (Å²) in [7, 11) is 1.73. The van der Waals surface area contributed by atoms with Gasteiger partial charge in [0.15, 0.2) is 0 Å². The summed E-state index contributed by atoms with van der Waals surface area (Å²) in [4.78, 5) is 18.9. The lowest BCUT2D eigenvalue weighted by atomic mass is 10.1. The Morgan fingerprint density at radius 2 is 2.15 bits per heavy atom. The highest BCUT2D eigenvalue weighted by Crippen LogP contribution is 2.19. The Morgan fingerprint density at radius 3 is 2.90 bits per heavy atom. The molecule has 8 heteroatoms. The number of anilines is 2. The first-order chi connectivity index (χ1) is 9.76. The van der Waals surface area contributed by atoms with E-state index in [1.807, 2.05) is 0 Å². The maximum absolute atomic E-state index is 5.79. The van der Waals surface area contributed by atoms with Crippen molar-refractivity contribution in [3.05, 3.63) is 18.7 Å². The van der Waals surface area contributed by atoms with E-state index in [4.69, 9.17) is 10.5 Å². The van der Waals surface area contributed by atoms with E-state index in [9.17, 15) is 0 Å². The van der Waals surface area contributed by atoms with Crippen LogP contribution < -0.4 is 10.6 Å². The molecule has 1 aliphatic heterocycles. The number of nitrogens with zero attached hydrogens (tertiary/aromatic N) is 6. The van der Waals surface area contributed by atoms with E-state index in [1.165, 1.54) is 0 Å². The van der Waals surface area contributed by atoms with Crippen molar-refractivity contribution >= 4 is 11.9 Å². The van der Waals surface area contributed by atoms with Crippen LogP contribution in [0.3, 0.4) is 0 Å². The Labute approximate surface area is 116 Å². The number of hydrogen-bond acceptors (Lipinski definition) is 7. The second-order valence-corrected chi connectivity index (χ2v) is 4.71. The number of nitrogens with two attached hydrogens (primary N) is 1. The number of methoxy groups -OCH3 is 1. The molecule has 3 rings (SSSR count). The molecule has 0 aromatic carbocycles. The largest absolute Gasteiger partial charge is 0.380 e. The average molecular weight is 275 g/mol. The molecule has 1 saturated heterocycles. The minimum atomic E-state index is 0.207. The number of ether oxygens (including phenoxy) is 1. The van der Waals surface area contributed by atoms with E-state index in [-0.39, 0.29) is 12.1 Å². The van der Waals surface area contributed by atoms with Gasteiger partial charge < -0.3 is 15.4 Å². The fourth-order valence-corrected chi connectivity index (χ4v) is 2.32. The molecule has 0 spiro atoms. The molecule has 8 nitrogen and oxygen atoms in total. The number of nitrogen functional groups attached to an aromatic ring is 1. The summed E-state index contributed by atoms with van der Waals surface area (Å²) in [5, 5.41) is 0. The van der Waals surface area contributed by atoms with E-state index in [0.717, 1.165) is 25.9 Å². The average Bonchev–Trinajstić information content (AvgIpc) is 3.01. The summed E-state index contributed by atoms with van der Waals surface area (Å²) < 4.78 is 7.12. The number of piperidine rings is 1. The van der Waals surface area contributed by atoms with Gasteiger partial charge in [0.05, 0.1) is 6.10 Å². The maximum atomic E-state index is 5.79. The van der Waals surface area contributed by atoms with Gasteiger partial charge in [0.1, 0.15) is 6.33 Å². The van der Waals surface area contributed by atoms with Crippen molar-refractivity contribution in [2.45, 2.75) is 18.9 Å². The van der Waals surface area contributed by atoms with Crippen molar-refractivity contribution in [3.63, 3.8) is 0 Å². The molecule has 2 aromatic rings. The molecule has 1 aliphatic rings. The third kappa shape index (κ3) is 2.55. The molecular formula is C12H17N7O. The fraction of sp³-hybridized carbons (Fsp3) is 0.500. The van der Waals surface area contributed by atoms with Crippen molar-refractivity contribution < 1.29 is 4.74 Å². The zero-order valence-corrected chi connectivity index (χ0v) is 11.3. The van der Waals surface area contributed by atoms with Crippen molar-refractivity contribution in [1.82, 2.24) is 24.5 Å². The fourth-order valence-electron chi connectivity index (χ4n) is 2.32. The van der Waals surface area contributed by atoms with Crippen LogP contribution in [-0.4, -0.2) is 50.8 Å². The summed E-state index contributed by atoms with van der Waals surface area (Å²) in [6.07, 6.45) is 7.38. The van der Waals surface area contributed by atoms with E-state index in [1.54, 1.807) is 30.4 Å². The molecule has 20 heavy (non-hydrogen) atoms. The molecule has 1 fully saturated rings. The second kappa shape index (κ2) is 5.41. The van der Waals surface area contributed by atoms with Gasteiger partial charge in [0, 0.05) is 32.6 Å². The molecule has 106 valence electrons. The first-order valence-corrected chi connectivity index (χ1v) is 6.54. The Hall–Kier alpha value is -2.22. The van der Waals surface area contributed by atoms with Gasteiger partial charge in [-0.3, -0.25) is 4.57 Å². The number of aromatic nitrogens is 5. The summed E-state index contributed by atoms with van der Waals surface area (Å²) in [6.45, 7) is 1.66. The lowest BCUT2D eigenvalue weighted by Gasteiger charge is -2.31. The predicted octanol–water partition coefficient (Wildman–Crippen LogP) is 0.255. The highest BCUT2D eigenvalue weighted by molar-refractivity contribution is 5.38. The smallest absolute Gasteiger partial charge is 0.241 e. The number of rotatable bonds is 3. The van der Waals surface area contributed by atoms with E-state index < -0.39 is 0 Å². The van der Waals surface area contributed by atoms with E-state index >= 15 is 0 Å². The normalized spacial score (nSPS) is 19.2. The van der Waals surface area contributed by atoms with Crippen LogP contribution in [0.25, 0.3) is 5.95 Å². The Kier molecular flexibility index (Phi) is 3.46. The summed E-state index contributed by atoms with van der Waals surface area (Å²) in [5.74, 6) is 1.27. The van der Waals surface area contributed by atoms with Crippen LogP contribution in [-0.2, 0) is 4.74 Å². The van der Waals surface area contributed by atoms with Crippen molar-refractivity contribution in [1.29, 1.82) is 0 Å². The SMILES string of the molecule is COC1CCCN(c2nc(N)nc(-n3ccnc3)n2)C1. The van der Waals surface area contributed by atoms with Crippen LogP contribution in [0.1, 0.15) is 12.8 Å². The van der Waals surface area contributed by atoms with Crippen molar-refractivity contribution in [2.24, 2.45) is 0 Å². The maximum Gasteiger partial charge on any atom is 0.241 e. The molecular weight excluding hydrogens is 258 g/mol. The first-order valence-electron chi connectivity index (χ1n) is 6.54. The van der Waals surface area contributed by atoms with Crippen LogP contribution in [0.2, 0.25) is 0 Å². The zero-order valence-electron chi connectivity index (χ0n) is 11.3. The lowest BCUT2D eigenvalue weighted by Crippen LogP contribution is -2.40. The molecule has 2 N–H and O–H groups in total. The summed E-state index contributed by atoms with van der Waals surface area (Å²) >= 11 is 0. The molecule has 1 atom stereocenters. The number of hydrogen-bond donors (Lipinski definition) is 1. The summed E-state index contributed by atoms with van der Waals surface area (Å²) in [5.41, 5.74) is 5.79. The van der Waals surface area contributed by atoms with Gasteiger partial charge in [-0.2, -0.15) is 15.0 Å². The molecule has 2 aromatic heterocycles. The molecule has 1 unspecified atom stereocenters. The Bertz CT molecular complexity index is 571. The topological polar surface area (TPSA) is 95.0 Å². The van der Waals surface area contributed by atoms with Gasteiger partial charge in [0.2, 0.25) is 17.8 Å². The zero-order chi connectivity index (χ0) is 13.9. The van der Waals surface area contributed by atoms with Gasteiger partial charge in [-0.05, 0) is 12.8 Å². The third-order valence-electron chi connectivity index (χ3n) is 3.36. The lowest BCUT2D eigenvalue weighted by molar-refractivity contribution is 0.0889. The van der Waals surface area contributed by atoms with Crippen LogP contribution in [0, 0.1) is 0 Å². The van der Waals surface area contributed by atoms with Gasteiger partial charge in [0.25, 0.3) is 0 Å². The van der Waals surface area contributed by atoms with Crippen LogP contribution >= 0.6 is 0 Å². The third-order valence-corrected chi connectivity index (χ3v) is 3.36. The van der Waals surface area contributed by atoms with Crippen molar-refractivity contribution in [3.8, 4) is 5.95 Å². The highest BCUT2D eigenvalue weighted by atomic mass is 16.5. The second-order valence-electron chi connectivity index (χ2n) is 4.71. The molecule has 3 heterocycles. The molecule has 0 radical (unpaired) electrons. The minimum Gasteiger partial charge on any atom is -0.380 e. The van der Waals surface area contributed by atoms with Gasteiger partial charge in [-0.25, -0.2) is 4.98 Å². The van der Waals surface area contributed by atoms with Crippen LogP contribution in [0.15, 0.2) is 18.7 Å².